The minimum Gasteiger partial charge on any atom is -0.494 e. The van der Waals surface area contributed by atoms with Gasteiger partial charge in [0.15, 0.2) is 0 Å². The van der Waals surface area contributed by atoms with Crippen LogP contribution in [0.3, 0.4) is 0 Å². The Labute approximate surface area is 152 Å². The summed E-state index contributed by atoms with van der Waals surface area (Å²) >= 11 is 0. The highest BCUT2D eigenvalue weighted by Crippen LogP contribution is 2.29. The van der Waals surface area contributed by atoms with E-state index < -0.39 is 6.68 Å². The first-order valence-electron chi connectivity index (χ1n) is 8.46. The van der Waals surface area contributed by atoms with E-state index in [1.807, 2.05) is 13.0 Å². The van der Waals surface area contributed by atoms with E-state index in [-0.39, 0.29) is 5.91 Å². The molecule has 7 heteroatoms. The van der Waals surface area contributed by atoms with E-state index in [1.165, 1.54) is 38.2 Å². The van der Waals surface area contributed by atoms with Crippen LogP contribution in [0, 0.1) is 12.8 Å². The highest BCUT2D eigenvalue weighted by Gasteiger charge is 2.12. The standard InChI is InChI=1S/C18H24N2O2.CHF3/c1-4-17(21)20-16-12-15(18(22-3)13(2)19-16)11-10-14-8-6-5-7-9-14;2-1(3)4/h4,10-12,14H,1,5-9H2,2-3H3,(H,19,20,21);1H/b11-10+;. The molecule has 0 unspecified atom stereocenters. The van der Waals surface area contributed by atoms with Gasteiger partial charge in [0.1, 0.15) is 11.6 Å². The molecular weight excluding hydrogens is 345 g/mol. The van der Waals surface area contributed by atoms with Crippen LogP contribution >= 0.6 is 0 Å². The van der Waals surface area contributed by atoms with Crippen LogP contribution in [-0.4, -0.2) is 24.7 Å². The minimum atomic E-state index is -3.67. The predicted octanol–water partition coefficient (Wildman–Crippen LogP) is 5.30. The van der Waals surface area contributed by atoms with Crippen molar-refractivity contribution in [3.8, 4) is 5.75 Å². The third-order valence-corrected chi connectivity index (χ3v) is 4.01. The number of amides is 1. The van der Waals surface area contributed by atoms with Gasteiger partial charge in [0.25, 0.3) is 0 Å². The Balaban J connectivity index is 0.000000765. The van der Waals surface area contributed by atoms with Gasteiger partial charge in [-0.15, -0.1) is 0 Å². The van der Waals surface area contributed by atoms with Crippen LogP contribution < -0.4 is 10.1 Å². The van der Waals surface area contributed by atoms with Crippen molar-refractivity contribution in [2.24, 2.45) is 5.92 Å². The number of methoxy groups -OCH3 is 1. The summed E-state index contributed by atoms with van der Waals surface area (Å²) in [6.07, 6.45) is 12.1. The lowest BCUT2D eigenvalue weighted by Gasteiger charge is -2.18. The van der Waals surface area contributed by atoms with E-state index in [0.29, 0.717) is 11.7 Å². The molecule has 0 aromatic carbocycles. The molecule has 144 valence electrons. The molecule has 1 aromatic rings. The van der Waals surface area contributed by atoms with Crippen LogP contribution in [0.25, 0.3) is 6.08 Å². The number of ether oxygens (including phenoxy) is 1. The molecular formula is C19H25F3N2O2. The summed E-state index contributed by atoms with van der Waals surface area (Å²) in [5.74, 6) is 1.65. The highest BCUT2D eigenvalue weighted by molar-refractivity contribution is 5.98. The number of alkyl halides is 3. The average molecular weight is 370 g/mol. The zero-order valence-corrected chi connectivity index (χ0v) is 15.1. The van der Waals surface area contributed by atoms with Gasteiger partial charge in [-0.25, -0.2) is 4.98 Å². The number of anilines is 1. The molecule has 0 radical (unpaired) electrons. The number of nitrogens with zero attached hydrogens (tertiary/aromatic N) is 1. The molecule has 1 aliphatic carbocycles. The third kappa shape index (κ3) is 7.72. The van der Waals surface area contributed by atoms with E-state index in [0.717, 1.165) is 17.0 Å². The van der Waals surface area contributed by atoms with Crippen molar-refractivity contribution in [1.82, 2.24) is 4.98 Å². The van der Waals surface area contributed by atoms with Gasteiger partial charge in [-0.3, -0.25) is 4.79 Å². The Morgan fingerprint density at radius 3 is 2.50 bits per heavy atom. The number of hydrogen-bond donors (Lipinski definition) is 1. The maximum Gasteiger partial charge on any atom is 0.379 e. The van der Waals surface area contributed by atoms with E-state index in [9.17, 15) is 18.0 Å². The summed E-state index contributed by atoms with van der Waals surface area (Å²) in [5.41, 5.74) is 1.70. The van der Waals surface area contributed by atoms with E-state index in [1.54, 1.807) is 7.11 Å². The van der Waals surface area contributed by atoms with Gasteiger partial charge in [-0.2, -0.15) is 13.2 Å². The van der Waals surface area contributed by atoms with Gasteiger partial charge in [0, 0.05) is 5.56 Å². The lowest BCUT2D eigenvalue weighted by molar-refractivity contribution is -0.111. The first-order chi connectivity index (χ1) is 12.4. The van der Waals surface area contributed by atoms with Crippen LogP contribution in [0.4, 0.5) is 19.0 Å². The molecule has 0 bridgehead atoms. The lowest BCUT2D eigenvalue weighted by atomic mass is 9.89. The fourth-order valence-corrected chi connectivity index (χ4v) is 2.88. The van der Waals surface area contributed by atoms with Crippen molar-refractivity contribution in [3.63, 3.8) is 0 Å². The first kappa shape index (κ1) is 21.7. The fraction of sp³-hybridized carbons (Fsp3) is 0.474. The summed E-state index contributed by atoms with van der Waals surface area (Å²) in [6, 6.07) is 1.84. The number of carbonyl (C=O) groups excluding carboxylic acids is 1. The molecule has 1 fully saturated rings. The van der Waals surface area contributed by atoms with Gasteiger partial charge >= 0.3 is 6.68 Å². The summed E-state index contributed by atoms with van der Waals surface area (Å²) in [4.78, 5) is 15.8. The fourth-order valence-electron chi connectivity index (χ4n) is 2.88. The first-order valence-corrected chi connectivity index (χ1v) is 8.46. The smallest absolute Gasteiger partial charge is 0.379 e. The minimum absolute atomic E-state index is 0.265. The van der Waals surface area contributed by atoms with Gasteiger partial charge in [0.05, 0.1) is 12.8 Å². The van der Waals surface area contributed by atoms with Crippen LogP contribution in [-0.2, 0) is 4.79 Å². The Bertz CT molecular complexity index is 625. The number of hydrogen-bond acceptors (Lipinski definition) is 3. The maximum absolute atomic E-state index is 11.4. The molecule has 26 heavy (non-hydrogen) atoms. The summed E-state index contributed by atoms with van der Waals surface area (Å²) in [6.45, 7) is 1.66. The van der Waals surface area contributed by atoms with E-state index >= 15 is 0 Å². The molecule has 1 saturated carbocycles. The third-order valence-electron chi connectivity index (χ3n) is 4.01. The molecule has 1 N–H and O–H groups in total. The molecule has 1 aromatic heterocycles. The van der Waals surface area contributed by atoms with Crippen molar-refractivity contribution >= 4 is 17.8 Å². The largest absolute Gasteiger partial charge is 0.494 e. The van der Waals surface area contributed by atoms with Gasteiger partial charge in [0.2, 0.25) is 5.91 Å². The Hall–Kier alpha value is -2.31. The van der Waals surface area contributed by atoms with Gasteiger partial charge in [-0.05, 0) is 37.8 Å². The molecule has 0 spiro atoms. The van der Waals surface area contributed by atoms with Crippen molar-refractivity contribution in [3.05, 3.63) is 36.1 Å². The Morgan fingerprint density at radius 1 is 1.35 bits per heavy atom. The van der Waals surface area contributed by atoms with Gasteiger partial charge in [-0.1, -0.05) is 38.0 Å². The quantitative estimate of drug-likeness (QED) is 0.716. The van der Waals surface area contributed by atoms with Gasteiger partial charge < -0.3 is 10.1 Å². The zero-order chi connectivity index (χ0) is 19.5. The topological polar surface area (TPSA) is 51.2 Å². The second-order valence-electron chi connectivity index (χ2n) is 5.91. The van der Waals surface area contributed by atoms with Crippen molar-refractivity contribution in [2.75, 3.05) is 12.4 Å². The normalized spacial score (nSPS) is 14.7. The number of aryl methyl sites for hydroxylation is 1. The molecule has 1 heterocycles. The van der Waals surface area contributed by atoms with Crippen LogP contribution in [0.15, 0.2) is 24.8 Å². The monoisotopic (exact) mass is 370 g/mol. The number of halogens is 3. The van der Waals surface area contributed by atoms with Crippen LogP contribution in [0.1, 0.15) is 43.4 Å². The zero-order valence-electron chi connectivity index (χ0n) is 15.1. The molecule has 1 amide bonds. The second-order valence-corrected chi connectivity index (χ2v) is 5.91. The molecule has 1 aliphatic rings. The molecule has 2 rings (SSSR count). The lowest BCUT2D eigenvalue weighted by Crippen LogP contribution is -2.10. The maximum atomic E-state index is 11.4. The number of nitrogens with one attached hydrogen (secondary N) is 1. The molecule has 4 nitrogen and oxygen atoms in total. The number of carbonyl (C=O) groups is 1. The number of rotatable bonds is 5. The van der Waals surface area contributed by atoms with E-state index in [2.05, 4.69) is 29.0 Å². The predicted molar refractivity (Wildman–Crippen MR) is 97.1 cm³/mol. The van der Waals surface area contributed by atoms with Crippen LogP contribution in [0.2, 0.25) is 0 Å². The van der Waals surface area contributed by atoms with Crippen molar-refractivity contribution in [2.45, 2.75) is 45.7 Å². The SMILES string of the molecule is C=CC(=O)Nc1cc(/C=C/C2CCCCC2)c(OC)c(C)n1.FC(F)F. The Kier molecular flexibility index (Phi) is 9.47. The van der Waals surface area contributed by atoms with Crippen molar-refractivity contribution in [1.29, 1.82) is 0 Å². The van der Waals surface area contributed by atoms with Crippen molar-refractivity contribution < 1.29 is 22.7 Å². The summed E-state index contributed by atoms with van der Waals surface area (Å²) in [5, 5.41) is 2.70. The molecule has 0 saturated heterocycles. The second kappa shape index (κ2) is 11.3. The summed E-state index contributed by atoms with van der Waals surface area (Å²) < 4.78 is 34.5. The molecule has 0 aliphatic heterocycles. The molecule has 0 atom stereocenters. The number of aromatic nitrogens is 1. The highest BCUT2D eigenvalue weighted by atomic mass is 19.4. The number of pyridine rings is 1. The Morgan fingerprint density at radius 2 is 1.96 bits per heavy atom. The summed E-state index contributed by atoms with van der Waals surface area (Å²) in [7, 11) is 1.64. The van der Waals surface area contributed by atoms with Crippen LogP contribution in [0.5, 0.6) is 5.75 Å². The average Bonchev–Trinajstić information content (AvgIpc) is 2.60. The number of allylic oxidation sites excluding steroid dienone is 1. The van der Waals surface area contributed by atoms with E-state index in [4.69, 9.17) is 4.74 Å².